The summed E-state index contributed by atoms with van der Waals surface area (Å²) in [6.45, 7) is 2.02. The number of ether oxygens (including phenoxy) is 2. The highest BCUT2D eigenvalue weighted by Crippen LogP contribution is 2.51. The van der Waals surface area contributed by atoms with E-state index in [1.54, 1.807) is 23.0 Å². The molecule has 0 aromatic carbocycles. The first kappa shape index (κ1) is 29.6. The molecule has 1 aliphatic carbocycles. The van der Waals surface area contributed by atoms with E-state index in [1.165, 1.54) is 19.4 Å². The molecule has 4 aromatic rings. The summed E-state index contributed by atoms with van der Waals surface area (Å²) in [5, 5.41) is 10.5. The SMILES string of the molecule is COc1ccnc(OC[C@H]2C[C@H]3C[C@H]3N2c2nc3c(cc2Cl)c(=O)c(C(=O)O)cn3-c2ccc(N3CC(N(C)C)C3)nc2)c1Cl. The van der Waals surface area contributed by atoms with Crippen LogP contribution in [0.25, 0.3) is 16.7 Å². The van der Waals surface area contributed by atoms with Crippen LogP contribution in [-0.4, -0.2) is 94.5 Å². The fourth-order valence-corrected chi connectivity index (χ4v) is 6.79. The Morgan fingerprint density at radius 2 is 1.96 bits per heavy atom. The number of aromatic nitrogens is 4. The summed E-state index contributed by atoms with van der Waals surface area (Å²) in [7, 11) is 5.64. The zero-order chi connectivity index (χ0) is 31.6. The molecule has 3 atom stereocenters. The maximum absolute atomic E-state index is 13.3. The van der Waals surface area contributed by atoms with E-state index in [2.05, 4.69) is 38.8 Å². The lowest BCUT2D eigenvalue weighted by atomic mass is 10.1. The topological polar surface area (TPSA) is 126 Å². The van der Waals surface area contributed by atoms with Crippen molar-refractivity contribution in [2.45, 2.75) is 31.0 Å². The van der Waals surface area contributed by atoms with Crippen molar-refractivity contribution in [3.05, 3.63) is 68.7 Å². The van der Waals surface area contributed by atoms with Gasteiger partial charge in [-0.2, -0.15) is 0 Å². The quantitative estimate of drug-likeness (QED) is 0.282. The lowest BCUT2D eigenvalue weighted by Crippen LogP contribution is -2.57. The lowest BCUT2D eigenvalue weighted by molar-refractivity contribution is 0.0695. The largest absolute Gasteiger partial charge is 0.495 e. The fourth-order valence-electron chi connectivity index (χ4n) is 6.30. The molecular weight excluding hydrogens is 621 g/mol. The third-order valence-electron chi connectivity index (χ3n) is 8.98. The lowest BCUT2D eigenvalue weighted by Gasteiger charge is -2.43. The van der Waals surface area contributed by atoms with Gasteiger partial charge in [0, 0.05) is 43.6 Å². The number of nitrogens with zero attached hydrogens (tertiary/aromatic N) is 7. The van der Waals surface area contributed by atoms with Gasteiger partial charge in [-0.25, -0.2) is 19.7 Å². The molecule has 0 radical (unpaired) electrons. The third-order valence-corrected chi connectivity index (χ3v) is 9.61. The number of rotatable bonds is 9. The molecule has 0 unspecified atom stereocenters. The first-order valence-corrected chi connectivity index (χ1v) is 15.4. The number of hydrogen-bond donors (Lipinski definition) is 1. The van der Waals surface area contributed by atoms with Crippen molar-refractivity contribution in [2.75, 3.05) is 50.7 Å². The Labute approximate surface area is 268 Å². The first-order chi connectivity index (χ1) is 21.6. The third kappa shape index (κ3) is 5.20. The summed E-state index contributed by atoms with van der Waals surface area (Å²) in [5.41, 5.74) is -0.178. The molecule has 3 aliphatic rings. The Balaban J connectivity index is 1.25. The van der Waals surface area contributed by atoms with Crippen LogP contribution in [0.2, 0.25) is 10.0 Å². The summed E-state index contributed by atoms with van der Waals surface area (Å²) < 4.78 is 12.9. The van der Waals surface area contributed by atoms with Gasteiger partial charge in [0.15, 0.2) is 11.5 Å². The maximum Gasteiger partial charge on any atom is 0.341 e. The number of anilines is 2. The number of likely N-dealkylation sites (N-methyl/N-ethyl adjacent to an activating group) is 1. The molecule has 12 nitrogen and oxygen atoms in total. The van der Waals surface area contributed by atoms with Gasteiger partial charge >= 0.3 is 5.97 Å². The molecule has 7 rings (SSSR count). The highest BCUT2D eigenvalue weighted by atomic mass is 35.5. The van der Waals surface area contributed by atoms with Crippen molar-refractivity contribution in [3.8, 4) is 17.3 Å². The van der Waals surface area contributed by atoms with Gasteiger partial charge in [0.25, 0.3) is 0 Å². The van der Waals surface area contributed by atoms with E-state index in [0.29, 0.717) is 34.2 Å². The maximum atomic E-state index is 13.3. The molecule has 0 spiro atoms. The molecule has 6 heterocycles. The van der Waals surface area contributed by atoms with Gasteiger partial charge in [0.05, 0.1) is 35.4 Å². The Kier molecular flexibility index (Phi) is 7.46. The average Bonchev–Trinajstić information content (AvgIpc) is 3.66. The summed E-state index contributed by atoms with van der Waals surface area (Å²) >= 11 is 13.2. The predicted octanol–water partition coefficient (Wildman–Crippen LogP) is 3.99. The van der Waals surface area contributed by atoms with E-state index < -0.39 is 11.4 Å². The summed E-state index contributed by atoms with van der Waals surface area (Å²) in [5.74, 6) is 1.19. The molecule has 45 heavy (non-hydrogen) atoms. The van der Waals surface area contributed by atoms with Crippen LogP contribution in [-0.2, 0) is 0 Å². The number of hydrogen-bond acceptors (Lipinski definition) is 10. The number of aromatic carboxylic acids is 1. The van der Waals surface area contributed by atoms with E-state index in [9.17, 15) is 14.7 Å². The summed E-state index contributed by atoms with van der Waals surface area (Å²) in [4.78, 5) is 45.8. The van der Waals surface area contributed by atoms with Crippen molar-refractivity contribution in [2.24, 2.45) is 5.92 Å². The van der Waals surface area contributed by atoms with Crippen LogP contribution in [0.3, 0.4) is 0 Å². The van der Waals surface area contributed by atoms with E-state index in [1.807, 2.05) is 12.1 Å². The Morgan fingerprint density at radius 3 is 2.64 bits per heavy atom. The van der Waals surface area contributed by atoms with Crippen LogP contribution >= 0.6 is 23.2 Å². The Hall–Kier alpha value is -4.13. The van der Waals surface area contributed by atoms with E-state index in [-0.39, 0.29) is 46.2 Å². The number of piperidine rings is 1. The zero-order valence-electron chi connectivity index (χ0n) is 24.9. The second-order valence-corrected chi connectivity index (χ2v) is 12.7. The second-order valence-electron chi connectivity index (χ2n) is 11.9. The molecule has 2 aliphatic heterocycles. The van der Waals surface area contributed by atoms with Crippen molar-refractivity contribution < 1.29 is 19.4 Å². The van der Waals surface area contributed by atoms with Gasteiger partial charge < -0.3 is 29.3 Å². The number of methoxy groups -OCH3 is 1. The Morgan fingerprint density at radius 1 is 1.16 bits per heavy atom. The van der Waals surface area contributed by atoms with Gasteiger partial charge in [0.1, 0.15) is 28.8 Å². The Bertz CT molecular complexity index is 1860. The molecule has 1 N–H and O–H groups in total. The summed E-state index contributed by atoms with van der Waals surface area (Å²) in [6.07, 6.45) is 6.40. The molecule has 14 heteroatoms. The normalized spacial score (nSPS) is 20.8. The number of carboxylic acid groups (broad SMARTS) is 1. The molecule has 4 aromatic heterocycles. The van der Waals surface area contributed by atoms with Crippen LogP contribution in [0.15, 0.2) is 47.7 Å². The fraction of sp³-hybridized carbons (Fsp3) is 0.387. The number of pyridine rings is 4. The van der Waals surface area contributed by atoms with Gasteiger partial charge in [-0.05, 0) is 51.1 Å². The van der Waals surface area contributed by atoms with Crippen LogP contribution in [0.5, 0.6) is 11.6 Å². The van der Waals surface area contributed by atoms with Crippen LogP contribution in [0, 0.1) is 5.92 Å². The molecule has 2 saturated heterocycles. The van der Waals surface area contributed by atoms with Gasteiger partial charge in [-0.3, -0.25) is 9.36 Å². The number of carbonyl (C=O) groups is 1. The monoisotopic (exact) mass is 651 g/mol. The average molecular weight is 653 g/mol. The smallest absolute Gasteiger partial charge is 0.341 e. The molecule has 234 valence electrons. The summed E-state index contributed by atoms with van der Waals surface area (Å²) in [6, 6.07) is 7.53. The van der Waals surface area contributed by atoms with Crippen molar-refractivity contribution in [1.82, 2.24) is 24.4 Å². The molecule has 0 bridgehead atoms. The van der Waals surface area contributed by atoms with E-state index >= 15 is 0 Å². The van der Waals surface area contributed by atoms with Crippen molar-refractivity contribution in [1.29, 1.82) is 0 Å². The second kappa shape index (κ2) is 11.3. The number of fused-ring (bicyclic) bond motifs is 2. The van der Waals surface area contributed by atoms with Gasteiger partial charge in [-0.15, -0.1) is 0 Å². The minimum absolute atomic E-state index is 0.0813. The van der Waals surface area contributed by atoms with E-state index in [4.69, 9.17) is 37.7 Å². The number of halogens is 2. The minimum atomic E-state index is -1.34. The number of carboxylic acids is 1. The standard InChI is InChI=1S/C31H31Cl2N7O5/c1-37(2)19-12-38(13-19)25-5-4-17(11-35-25)39-14-21(31(42)43)27(41)20-10-22(32)29(36-28(20)39)40-18(8-16-9-23(16)40)15-45-30-26(33)24(44-3)6-7-34-30/h4-7,10-11,14,16,18-19,23H,8-9,12-13,15H2,1-3H3,(H,42,43)/t16-,18+,23+/m0/s1. The highest BCUT2D eigenvalue weighted by Gasteiger charge is 2.53. The predicted molar refractivity (Wildman–Crippen MR) is 171 cm³/mol. The first-order valence-electron chi connectivity index (χ1n) is 14.6. The minimum Gasteiger partial charge on any atom is -0.495 e. The molecule has 1 saturated carbocycles. The van der Waals surface area contributed by atoms with Crippen molar-refractivity contribution >= 4 is 51.8 Å². The zero-order valence-corrected chi connectivity index (χ0v) is 26.4. The van der Waals surface area contributed by atoms with E-state index in [0.717, 1.165) is 31.7 Å². The van der Waals surface area contributed by atoms with Crippen molar-refractivity contribution in [3.63, 3.8) is 0 Å². The van der Waals surface area contributed by atoms with Gasteiger partial charge in [-0.1, -0.05) is 23.2 Å². The van der Waals surface area contributed by atoms with Crippen LogP contribution < -0.4 is 24.7 Å². The highest BCUT2D eigenvalue weighted by molar-refractivity contribution is 6.34. The molecule has 0 amide bonds. The van der Waals surface area contributed by atoms with Gasteiger partial charge in [0.2, 0.25) is 11.3 Å². The van der Waals surface area contributed by atoms with Crippen LogP contribution in [0.1, 0.15) is 23.2 Å². The van der Waals surface area contributed by atoms with Crippen LogP contribution in [0.4, 0.5) is 11.6 Å². The molecular formula is C31H31Cl2N7O5. The molecule has 3 fully saturated rings.